The number of esters is 2. The predicted molar refractivity (Wildman–Crippen MR) is 98.5 cm³/mol. The van der Waals surface area contributed by atoms with Crippen LogP contribution in [0.3, 0.4) is 0 Å². The van der Waals surface area contributed by atoms with Crippen LogP contribution >= 0.6 is 0 Å². The molecule has 0 radical (unpaired) electrons. The molecule has 0 heterocycles. The first-order valence-corrected chi connectivity index (χ1v) is 10.1. The number of allylic oxidation sites excluding steroid dienone is 1. The van der Waals surface area contributed by atoms with E-state index in [-0.39, 0.29) is 29.2 Å². The molecule has 2 bridgehead atoms. The third-order valence-electron chi connectivity index (χ3n) is 8.76. The largest absolute Gasteiger partial charge is 0.469 e. The second-order valence-corrected chi connectivity index (χ2v) is 9.57. The van der Waals surface area contributed by atoms with Crippen LogP contribution in [0.25, 0.3) is 0 Å². The maximum Gasteiger partial charge on any atom is 0.311 e. The fraction of sp³-hybridized carbons (Fsp3) is 0.773. The average Bonchev–Trinajstić information content (AvgIpc) is 3.08. The van der Waals surface area contributed by atoms with Gasteiger partial charge < -0.3 is 14.3 Å². The maximum atomic E-state index is 13.2. The van der Waals surface area contributed by atoms with Gasteiger partial charge in [-0.25, -0.2) is 0 Å². The third kappa shape index (κ3) is 2.09. The van der Waals surface area contributed by atoms with Crippen molar-refractivity contribution in [2.45, 2.75) is 51.9 Å². The Labute approximate surface area is 160 Å². The van der Waals surface area contributed by atoms with Crippen molar-refractivity contribution < 1.29 is 23.9 Å². The van der Waals surface area contributed by atoms with E-state index in [4.69, 9.17) is 9.47 Å². The van der Waals surface area contributed by atoms with Gasteiger partial charge in [0.15, 0.2) is 0 Å². The van der Waals surface area contributed by atoms with E-state index in [1.54, 1.807) is 0 Å². The minimum absolute atomic E-state index is 0.108. The molecule has 4 aliphatic carbocycles. The average molecular weight is 374 g/mol. The van der Waals surface area contributed by atoms with Crippen molar-refractivity contribution in [3.8, 4) is 0 Å². The number of ether oxygens (including phenoxy) is 2. The van der Waals surface area contributed by atoms with Crippen molar-refractivity contribution in [1.82, 2.24) is 0 Å². The van der Waals surface area contributed by atoms with E-state index < -0.39 is 16.7 Å². The van der Waals surface area contributed by atoms with Crippen molar-refractivity contribution in [1.29, 1.82) is 0 Å². The minimum atomic E-state index is -0.849. The SMILES string of the molecule is C=C1C[C@]23C[C@H]1CC[C@H]2[C@]1(C=O)CCC[C@@](C)(C(=O)OC)[C@H]1[C@@H]3C(=O)OC. The van der Waals surface area contributed by atoms with Gasteiger partial charge in [-0.05, 0) is 62.7 Å². The molecule has 5 nitrogen and oxygen atoms in total. The monoisotopic (exact) mass is 374 g/mol. The van der Waals surface area contributed by atoms with E-state index in [1.807, 2.05) is 6.92 Å². The number of hydrogen-bond donors (Lipinski definition) is 0. The molecule has 148 valence electrons. The van der Waals surface area contributed by atoms with E-state index in [0.717, 1.165) is 44.8 Å². The molecule has 4 saturated carbocycles. The summed E-state index contributed by atoms with van der Waals surface area (Å²) in [7, 11) is 2.81. The third-order valence-corrected chi connectivity index (χ3v) is 8.76. The standard InChI is InChI=1S/C22H30O5/c1-13-10-22-11-14(13)6-7-15(22)21(12-23)9-5-8-20(2,19(25)27-4)17(21)16(22)18(24)26-3/h12,14-17H,1,5-11H2,2-4H3/t14-,15+,16-,17-,20-,21-,22+/m1/s1. The lowest BCUT2D eigenvalue weighted by molar-refractivity contribution is -0.171. The van der Waals surface area contributed by atoms with Crippen LogP contribution in [0.1, 0.15) is 51.9 Å². The first-order chi connectivity index (χ1) is 12.8. The second-order valence-electron chi connectivity index (χ2n) is 9.57. The van der Waals surface area contributed by atoms with Gasteiger partial charge in [0, 0.05) is 11.3 Å². The number of fused-ring (bicyclic) bond motifs is 3. The predicted octanol–water partition coefficient (Wildman–Crippen LogP) is 3.32. The lowest BCUT2D eigenvalue weighted by Gasteiger charge is -2.49. The van der Waals surface area contributed by atoms with Gasteiger partial charge in [0.1, 0.15) is 6.29 Å². The number of methoxy groups -OCH3 is 2. The highest BCUT2D eigenvalue weighted by Crippen LogP contribution is 2.77. The van der Waals surface area contributed by atoms with E-state index in [1.165, 1.54) is 19.8 Å². The molecule has 1 spiro atoms. The summed E-state index contributed by atoms with van der Waals surface area (Å²) in [4.78, 5) is 38.8. The minimum Gasteiger partial charge on any atom is -0.469 e. The van der Waals surface area contributed by atoms with E-state index in [9.17, 15) is 14.4 Å². The van der Waals surface area contributed by atoms with Crippen LogP contribution in [0.5, 0.6) is 0 Å². The van der Waals surface area contributed by atoms with Crippen LogP contribution in [0.2, 0.25) is 0 Å². The summed E-state index contributed by atoms with van der Waals surface area (Å²) in [6.07, 6.45) is 6.87. The Kier molecular flexibility index (Phi) is 4.10. The van der Waals surface area contributed by atoms with Gasteiger partial charge in [-0.3, -0.25) is 9.59 Å². The molecule has 5 heteroatoms. The van der Waals surface area contributed by atoms with Crippen molar-refractivity contribution in [3.63, 3.8) is 0 Å². The molecule has 0 aromatic heterocycles. The molecule has 0 aromatic rings. The normalized spacial score (nSPS) is 47.7. The first-order valence-electron chi connectivity index (χ1n) is 10.1. The molecule has 0 aromatic carbocycles. The van der Waals surface area contributed by atoms with E-state index >= 15 is 0 Å². The number of carbonyl (C=O) groups excluding carboxylic acids is 3. The quantitative estimate of drug-likeness (QED) is 0.431. The second kappa shape index (κ2) is 5.92. The van der Waals surface area contributed by atoms with Crippen LogP contribution in [0.4, 0.5) is 0 Å². The zero-order chi connectivity index (χ0) is 19.6. The summed E-state index contributed by atoms with van der Waals surface area (Å²) >= 11 is 0. The number of carbonyl (C=O) groups is 3. The van der Waals surface area contributed by atoms with Gasteiger partial charge in [0.25, 0.3) is 0 Å². The van der Waals surface area contributed by atoms with E-state index in [2.05, 4.69) is 6.58 Å². The van der Waals surface area contributed by atoms with Gasteiger partial charge in [0.2, 0.25) is 0 Å². The maximum absolute atomic E-state index is 13.2. The molecule has 7 atom stereocenters. The van der Waals surface area contributed by atoms with Crippen molar-refractivity contribution >= 4 is 18.2 Å². The molecule has 0 unspecified atom stereocenters. The lowest BCUT2D eigenvalue weighted by atomic mass is 9.53. The lowest BCUT2D eigenvalue weighted by Crippen LogP contribution is -2.52. The zero-order valence-electron chi connectivity index (χ0n) is 16.6. The number of rotatable bonds is 3. The highest BCUT2D eigenvalue weighted by Gasteiger charge is 2.76. The summed E-state index contributed by atoms with van der Waals surface area (Å²) in [6.45, 7) is 6.19. The number of hydrogen-bond acceptors (Lipinski definition) is 5. The van der Waals surface area contributed by atoms with Crippen LogP contribution in [-0.4, -0.2) is 32.4 Å². The van der Waals surface area contributed by atoms with Crippen LogP contribution in [0, 0.1) is 39.9 Å². The van der Waals surface area contributed by atoms with Crippen LogP contribution in [0.15, 0.2) is 12.2 Å². The van der Waals surface area contributed by atoms with E-state index in [0.29, 0.717) is 12.3 Å². The molecule has 4 fully saturated rings. The molecule has 27 heavy (non-hydrogen) atoms. The summed E-state index contributed by atoms with van der Waals surface area (Å²) in [6, 6.07) is 0. The first kappa shape index (κ1) is 18.7. The Hall–Kier alpha value is -1.65. The molecular weight excluding hydrogens is 344 g/mol. The van der Waals surface area contributed by atoms with Gasteiger partial charge >= 0.3 is 11.9 Å². The molecule has 4 rings (SSSR count). The van der Waals surface area contributed by atoms with Crippen molar-refractivity contribution in [2.75, 3.05) is 14.2 Å². The number of aldehydes is 1. The Morgan fingerprint density at radius 1 is 1.19 bits per heavy atom. The molecule has 0 aliphatic heterocycles. The fourth-order valence-electron chi connectivity index (χ4n) is 7.97. The Balaban J connectivity index is 1.96. The van der Waals surface area contributed by atoms with Gasteiger partial charge in [-0.15, -0.1) is 0 Å². The topological polar surface area (TPSA) is 69.7 Å². The molecule has 0 amide bonds. The summed E-state index contributed by atoms with van der Waals surface area (Å²) in [5.41, 5.74) is -0.613. The van der Waals surface area contributed by atoms with Gasteiger partial charge in [-0.1, -0.05) is 18.6 Å². The Morgan fingerprint density at radius 3 is 2.56 bits per heavy atom. The molecule has 4 aliphatic rings. The van der Waals surface area contributed by atoms with Gasteiger partial charge in [0.05, 0.1) is 25.6 Å². The molecule has 0 N–H and O–H groups in total. The van der Waals surface area contributed by atoms with Crippen LogP contribution in [-0.2, 0) is 23.9 Å². The Bertz CT molecular complexity index is 713. The summed E-state index contributed by atoms with van der Waals surface area (Å²) < 4.78 is 10.5. The van der Waals surface area contributed by atoms with Crippen molar-refractivity contribution in [2.24, 2.45) is 39.9 Å². The summed E-state index contributed by atoms with van der Waals surface area (Å²) in [5, 5.41) is 0. The van der Waals surface area contributed by atoms with Gasteiger partial charge in [-0.2, -0.15) is 0 Å². The Morgan fingerprint density at radius 2 is 1.93 bits per heavy atom. The van der Waals surface area contributed by atoms with Crippen molar-refractivity contribution in [3.05, 3.63) is 12.2 Å². The van der Waals surface area contributed by atoms with Crippen LogP contribution < -0.4 is 0 Å². The fourth-order valence-corrected chi connectivity index (χ4v) is 7.97. The summed E-state index contributed by atoms with van der Waals surface area (Å²) in [5.74, 6) is -0.884. The highest BCUT2D eigenvalue weighted by atomic mass is 16.5. The smallest absolute Gasteiger partial charge is 0.311 e. The molecular formula is C22H30O5. The molecule has 0 saturated heterocycles. The highest BCUT2D eigenvalue weighted by molar-refractivity contribution is 5.84. The zero-order valence-corrected chi connectivity index (χ0v) is 16.6.